The molecule has 0 bridgehead atoms. The Bertz CT molecular complexity index is 821. The lowest BCUT2D eigenvalue weighted by Crippen LogP contribution is -2.38. The van der Waals surface area contributed by atoms with Crippen LogP contribution in [0.15, 0.2) is 18.5 Å². The summed E-state index contributed by atoms with van der Waals surface area (Å²) in [5, 5.41) is 17.0. The molecule has 1 fully saturated rings. The molecule has 150 valence electrons. The average molecular weight is 407 g/mol. The van der Waals surface area contributed by atoms with Crippen LogP contribution in [-0.4, -0.2) is 51.7 Å². The molecule has 0 radical (unpaired) electrons. The number of tetrazole rings is 1. The largest absolute Gasteiger partial charge is 0.496 e. The molecule has 3 rings (SSSR count). The minimum Gasteiger partial charge on any atom is -0.496 e. The molecular formula is C18H23ClN6O3. The number of methoxy groups -OCH3 is 1. The van der Waals surface area contributed by atoms with Crippen LogP contribution in [0.2, 0.25) is 5.02 Å². The number of carbonyl (C=O) groups is 2. The summed E-state index contributed by atoms with van der Waals surface area (Å²) in [4.78, 5) is 24.6. The fraction of sp³-hybridized carbons (Fsp3) is 0.500. The van der Waals surface area contributed by atoms with E-state index in [2.05, 4.69) is 26.2 Å². The summed E-state index contributed by atoms with van der Waals surface area (Å²) in [6, 6.07) is 3.34. The number of rotatable bonds is 7. The molecule has 0 saturated heterocycles. The third-order valence-corrected chi connectivity index (χ3v) is 5.02. The number of amides is 2. The van der Waals surface area contributed by atoms with Crippen LogP contribution in [0.3, 0.4) is 0 Å². The van der Waals surface area contributed by atoms with Crippen molar-refractivity contribution in [1.82, 2.24) is 30.8 Å². The van der Waals surface area contributed by atoms with Gasteiger partial charge in [-0.05, 0) is 29.3 Å². The predicted molar refractivity (Wildman–Crippen MR) is 103 cm³/mol. The van der Waals surface area contributed by atoms with Crippen molar-refractivity contribution in [2.24, 2.45) is 0 Å². The summed E-state index contributed by atoms with van der Waals surface area (Å²) < 4.78 is 6.68. The van der Waals surface area contributed by atoms with Crippen LogP contribution < -0.4 is 15.4 Å². The topological polar surface area (TPSA) is 111 Å². The number of carbonyl (C=O) groups excluding carboxylic acids is 2. The Kier molecular flexibility index (Phi) is 6.80. The third-order valence-electron chi connectivity index (χ3n) is 4.72. The number of hydrogen-bond donors (Lipinski definition) is 2. The lowest BCUT2D eigenvalue weighted by molar-refractivity contribution is -0.121. The molecule has 2 aromatic rings. The first-order valence-corrected chi connectivity index (χ1v) is 9.64. The number of nitrogens with one attached hydrogen (secondary N) is 2. The van der Waals surface area contributed by atoms with Gasteiger partial charge in [-0.1, -0.05) is 30.9 Å². The van der Waals surface area contributed by atoms with E-state index in [-0.39, 0.29) is 36.4 Å². The van der Waals surface area contributed by atoms with Gasteiger partial charge < -0.3 is 15.4 Å². The second-order valence-electron chi connectivity index (χ2n) is 6.67. The van der Waals surface area contributed by atoms with Crippen molar-refractivity contribution < 1.29 is 14.3 Å². The van der Waals surface area contributed by atoms with E-state index in [1.54, 1.807) is 6.07 Å². The number of hydrogen-bond acceptors (Lipinski definition) is 6. The van der Waals surface area contributed by atoms with Gasteiger partial charge in [0, 0.05) is 25.1 Å². The van der Waals surface area contributed by atoms with Crippen LogP contribution in [0.5, 0.6) is 5.75 Å². The van der Waals surface area contributed by atoms with Gasteiger partial charge in [0.15, 0.2) is 0 Å². The van der Waals surface area contributed by atoms with Gasteiger partial charge in [-0.2, -0.15) is 4.68 Å². The van der Waals surface area contributed by atoms with E-state index in [0.29, 0.717) is 16.5 Å². The Balaban J connectivity index is 1.57. The van der Waals surface area contributed by atoms with Gasteiger partial charge in [0.25, 0.3) is 5.91 Å². The predicted octanol–water partition coefficient (Wildman–Crippen LogP) is 1.89. The molecule has 0 aliphatic heterocycles. The van der Waals surface area contributed by atoms with E-state index in [1.807, 2.05) is 0 Å². The lowest BCUT2D eigenvalue weighted by atomic mass is 9.95. The molecular weight excluding hydrogens is 384 g/mol. The molecule has 2 amide bonds. The Labute approximate surface area is 167 Å². The molecule has 9 nitrogen and oxygen atoms in total. The van der Waals surface area contributed by atoms with Crippen LogP contribution in [0.25, 0.3) is 5.69 Å². The van der Waals surface area contributed by atoms with Gasteiger partial charge in [0.1, 0.15) is 12.1 Å². The second kappa shape index (κ2) is 9.50. The fourth-order valence-corrected chi connectivity index (χ4v) is 3.52. The maximum atomic E-state index is 12.5. The summed E-state index contributed by atoms with van der Waals surface area (Å²) in [6.07, 6.45) is 7.22. The molecule has 1 heterocycles. The first-order valence-electron chi connectivity index (χ1n) is 9.27. The Morgan fingerprint density at radius 1 is 1.29 bits per heavy atom. The highest BCUT2D eigenvalue weighted by atomic mass is 35.5. The SMILES string of the molecule is COc1cc(-n2cnnn2)c(Cl)cc1C(=O)NCCC(=O)NC1CCCCC1. The van der Waals surface area contributed by atoms with E-state index < -0.39 is 0 Å². The minimum absolute atomic E-state index is 0.0498. The van der Waals surface area contributed by atoms with Crippen LogP contribution in [0.4, 0.5) is 0 Å². The summed E-state index contributed by atoms with van der Waals surface area (Å²) in [7, 11) is 1.46. The molecule has 10 heteroatoms. The molecule has 0 unspecified atom stereocenters. The molecule has 1 aliphatic rings. The van der Waals surface area contributed by atoms with E-state index in [9.17, 15) is 9.59 Å². The van der Waals surface area contributed by atoms with Gasteiger partial charge in [-0.25, -0.2) is 0 Å². The van der Waals surface area contributed by atoms with Crippen molar-refractivity contribution in [1.29, 1.82) is 0 Å². The van der Waals surface area contributed by atoms with Gasteiger partial charge >= 0.3 is 0 Å². The normalized spacial score (nSPS) is 14.5. The number of ether oxygens (including phenoxy) is 1. The van der Waals surface area contributed by atoms with Crippen LogP contribution in [0.1, 0.15) is 48.9 Å². The first-order chi connectivity index (χ1) is 13.6. The summed E-state index contributed by atoms with van der Waals surface area (Å²) >= 11 is 6.27. The Morgan fingerprint density at radius 2 is 2.07 bits per heavy atom. The van der Waals surface area contributed by atoms with Crippen molar-refractivity contribution in [3.63, 3.8) is 0 Å². The van der Waals surface area contributed by atoms with Crippen molar-refractivity contribution >= 4 is 23.4 Å². The maximum absolute atomic E-state index is 12.5. The Hall–Kier alpha value is -2.68. The highest BCUT2D eigenvalue weighted by Crippen LogP contribution is 2.29. The second-order valence-corrected chi connectivity index (χ2v) is 7.07. The monoisotopic (exact) mass is 406 g/mol. The molecule has 1 saturated carbocycles. The van der Waals surface area contributed by atoms with Crippen molar-refractivity contribution in [3.05, 3.63) is 29.0 Å². The number of halogens is 1. The maximum Gasteiger partial charge on any atom is 0.255 e. The fourth-order valence-electron chi connectivity index (χ4n) is 3.27. The number of nitrogens with zero attached hydrogens (tertiary/aromatic N) is 4. The van der Waals surface area contributed by atoms with Crippen molar-refractivity contribution in [2.45, 2.75) is 44.6 Å². The van der Waals surface area contributed by atoms with E-state index in [4.69, 9.17) is 16.3 Å². The first kappa shape index (κ1) is 20.1. The zero-order valence-corrected chi connectivity index (χ0v) is 16.4. The average Bonchev–Trinajstić information content (AvgIpc) is 3.23. The highest BCUT2D eigenvalue weighted by molar-refractivity contribution is 6.33. The molecule has 1 aromatic heterocycles. The summed E-state index contributed by atoms with van der Waals surface area (Å²) in [5.41, 5.74) is 0.768. The minimum atomic E-state index is -0.368. The molecule has 0 atom stereocenters. The molecule has 28 heavy (non-hydrogen) atoms. The zero-order valence-electron chi connectivity index (χ0n) is 15.7. The van der Waals surface area contributed by atoms with Crippen LogP contribution in [-0.2, 0) is 4.79 Å². The number of aromatic nitrogens is 4. The highest BCUT2D eigenvalue weighted by Gasteiger charge is 2.18. The van der Waals surface area contributed by atoms with Gasteiger partial charge in [-0.3, -0.25) is 9.59 Å². The molecule has 1 aromatic carbocycles. The summed E-state index contributed by atoms with van der Waals surface area (Å²) in [6.45, 7) is 0.229. The van der Waals surface area contributed by atoms with Gasteiger partial charge in [0.2, 0.25) is 5.91 Å². The summed E-state index contributed by atoms with van der Waals surface area (Å²) in [5.74, 6) is -0.0854. The Morgan fingerprint density at radius 3 is 2.75 bits per heavy atom. The van der Waals surface area contributed by atoms with Gasteiger partial charge in [0.05, 0.1) is 23.4 Å². The lowest BCUT2D eigenvalue weighted by Gasteiger charge is -2.22. The van der Waals surface area contributed by atoms with Crippen LogP contribution >= 0.6 is 11.6 Å². The zero-order chi connectivity index (χ0) is 19.9. The van der Waals surface area contributed by atoms with E-state index >= 15 is 0 Å². The quantitative estimate of drug-likeness (QED) is 0.726. The smallest absolute Gasteiger partial charge is 0.255 e. The molecule has 0 spiro atoms. The standard InChI is InChI=1S/C18H23ClN6O3/c1-28-16-10-15(25-11-21-23-24-25)14(19)9-13(16)18(27)20-8-7-17(26)22-12-5-3-2-4-6-12/h9-12H,2-8H2,1H3,(H,20,27)(H,22,26). The van der Waals surface area contributed by atoms with Crippen molar-refractivity contribution in [3.8, 4) is 11.4 Å². The van der Waals surface area contributed by atoms with Gasteiger partial charge in [-0.15, -0.1) is 5.10 Å². The number of benzene rings is 1. The van der Waals surface area contributed by atoms with E-state index in [0.717, 1.165) is 25.7 Å². The molecule has 1 aliphatic carbocycles. The molecule has 2 N–H and O–H groups in total. The van der Waals surface area contributed by atoms with Crippen LogP contribution in [0, 0.1) is 0 Å². The van der Waals surface area contributed by atoms with E-state index in [1.165, 1.54) is 30.6 Å². The third kappa shape index (κ3) is 4.98. The van der Waals surface area contributed by atoms with Crippen molar-refractivity contribution in [2.75, 3.05) is 13.7 Å².